The van der Waals surface area contributed by atoms with Gasteiger partial charge in [-0.25, -0.2) is 0 Å². The third kappa shape index (κ3) is 5.35. The number of nitrogens with zero attached hydrogens (tertiary/aromatic N) is 2. The second-order valence-electron chi connectivity index (χ2n) is 6.98. The molecular formula is C22H20F3N3O2S. The Balaban J connectivity index is 1.79. The molecule has 0 aliphatic heterocycles. The van der Waals surface area contributed by atoms with E-state index >= 15 is 0 Å². The summed E-state index contributed by atoms with van der Waals surface area (Å²) in [5, 5.41) is 6.28. The number of hydrogen-bond donors (Lipinski definition) is 1. The van der Waals surface area contributed by atoms with Crippen LogP contribution in [0, 0.1) is 13.8 Å². The molecule has 0 spiro atoms. The molecule has 0 fully saturated rings. The van der Waals surface area contributed by atoms with Crippen LogP contribution in [0.3, 0.4) is 0 Å². The summed E-state index contributed by atoms with van der Waals surface area (Å²) < 4.78 is 40.7. The van der Waals surface area contributed by atoms with Crippen molar-refractivity contribution in [2.45, 2.75) is 37.2 Å². The van der Waals surface area contributed by atoms with Gasteiger partial charge in [-0.1, -0.05) is 30.0 Å². The summed E-state index contributed by atoms with van der Waals surface area (Å²) in [4.78, 5) is 24.8. The van der Waals surface area contributed by atoms with E-state index < -0.39 is 22.9 Å². The molecule has 1 atom stereocenters. The molecule has 0 aliphatic carbocycles. The molecule has 3 aromatic rings. The third-order valence-electron chi connectivity index (χ3n) is 4.67. The van der Waals surface area contributed by atoms with Crippen LogP contribution >= 0.6 is 11.8 Å². The Hall–Kier alpha value is -3.07. The summed E-state index contributed by atoms with van der Waals surface area (Å²) >= 11 is 1.05. The molecule has 0 unspecified atom stereocenters. The predicted molar refractivity (Wildman–Crippen MR) is 115 cm³/mol. The molecular weight excluding hydrogens is 427 g/mol. The summed E-state index contributed by atoms with van der Waals surface area (Å²) in [7, 11) is 0. The van der Waals surface area contributed by atoms with E-state index in [9.17, 15) is 22.8 Å². The lowest BCUT2D eigenvalue weighted by Gasteiger charge is -2.16. The maximum Gasteiger partial charge on any atom is 0.418 e. The number of nitrogens with one attached hydrogen (secondary N) is 1. The van der Waals surface area contributed by atoms with Crippen molar-refractivity contribution in [3.63, 3.8) is 0 Å². The highest BCUT2D eigenvalue weighted by Gasteiger charge is 2.34. The van der Waals surface area contributed by atoms with Crippen LogP contribution in [0.5, 0.6) is 0 Å². The van der Waals surface area contributed by atoms with Crippen LogP contribution in [0.4, 0.5) is 18.9 Å². The van der Waals surface area contributed by atoms with Crippen molar-refractivity contribution in [2.75, 3.05) is 5.32 Å². The number of benzene rings is 2. The van der Waals surface area contributed by atoms with Gasteiger partial charge in [-0.2, -0.15) is 23.0 Å². The van der Waals surface area contributed by atoms with Gasteiger partial charge in [-0.3, -0.25) is 9.59 Å². The average molecular weight is 447 g/mol. The van der Waals surface area contributed by atoms with E-state index in [1.165, 1.54) is 35.0 Å². The Kier molecular flexibility index (Phi) is 6.54. The van der Waals surface area contributed by atoms with E-state index in [1.807, 2.05) is 26.0 Å². The molecule has 0 radical (unpaired) electrons. The number of aromatic nitrogens is 2. The molecule has 0 saturated heterocycles. The van der Waals surface area contributed by atoms with Gasteiger partial charge in [0.25, 0.3) is 5.56 Å². The number of para-hydroxylation sites is 1. The van der Waals surface area contributed by atoms with Gasteiger partial charge in [0.2, 0.25) is 5.91 Å². The van der Waals surface area contributed by atoms with Crippen LogP contribution in [-0.4, -0.2) is 20.9 Å². The molecule has 1 amide bonds. The minimum absolute atomic E-state index is 0.305. The highest BCUT2D eigenvalue weighted by molar-refractivity contribution is 8.00. The monoisotopic (exact) mass is 447 g/mol. The standard InChI is InChI=1S/C22H20F3N3O2S/c1-13-8-9-16(12-14(13)2)28-20(29)11-10-19(27-28)31-15(3)21(30)26-18-7-5-4-6-17(18)22(23,24)25/h4-12,15H,1-3H3,(H,26,30)/t15-/m0/s1. The SMILES string of the molecule is Cc1ccc(-n2nc(S[C@@H](C)C(=O)Nc3ccccc3C(F)(F)F)ccc2=O)cc1C. The van der Waals surface area contributed by atoms with Crippen molar-refractivity contribution in [3.8, 4) is 5.69 Å². The molecule has 0 saturated carbocycles. The Labute approximate surface area is 181 Å². The summed E-state index contributed by atoms with van der Waals surface area (Å²) in [6.45, 7) is 5.44. The first kappa shape index (κ1) is 22.6. The fourth-order valence-electron chi connectivity index (χ4n) is 2.81. The van der Waals surface area contributed by atoms with Crippen molar-refractivity contribution in [2.24, 2.45) is 0 Å². The molecule has 9 heteroatoms. The molecule has 5 nitrogen and oxygen atoms in total. The largest absolute Gasteiger partial charge is 0.418 e. The number of carbonyl (C=O) groups excluding carboxylic acids is 1. The second-order valence-corrected chi connectivity index (χ2v) is 8.34. The van der Waals surface area contributed by atoms with Gasteiger partial charge >= 0.3 is 6.18 Å². The molecule has 3 rings (SSSR count). The number of rotatable bonds is 5. The van der Waals surface area contributed by atoms with Crippen molar-refractivity contribution in [1.29, 1.82) is 0 Å². The number of amides is 1. The number of carbonyl (C=O) groups is 1. The first-order chi connectivity index (χ1) is 14.6. The molecule has 0 bridgehead atoms. The van der Waals surface area contributed by atoms with Crippen molar-refractivity contribution in [1.82, 2.24) is 9.78 Å². The molecule has 1 N–H and O–H groups in total. The van der Waals surface area contributed by atoms with Gasteiger partial charge < -0.3 is 5.32 Å². The zero-order chi connectivity index (χ0) is 22.8. The molecule has 1 aromatic heterocycles. The Morgan fingerprint density at radius 1 is 1.06 bits per heavy atom. The minimum atomic E-state index is -4.58. The van der Waals surface area contributed by atoms with Gasteiger partial charge in [0, 0.05) is 6.07 Å². The van der Waals surface area contributed by atoms with E-state index in [1.54, 1.807) is 13.0 Å². The Bertz CT molecular complexity index is 1180. The zero-order valence-electron chi connectivity index (χ0n) is 17.0. The lowest BCUT2D eigenvalue weighted by molar-refractivity contribution is -0.137. The van der Waals surface area contributed by atoms with Gasteiger partial charge in [0.05, 0.1) is 22.2 Å². The summed E-state index contributed by atoms with van der Waals surface area (Å²) in [6, 6.07) is 13.1. The first-order valence-electron chi connectivity index (χ1n) is 9.38. The number of alkyl halides is 3. The normalized spacial score (nSPS) is 12.5. The number of hydrogen-bond acceptors (Lipinski definition) is 4. The average Bonchev–Trinajstić information content (AvgIpc) is 2.71. The predicted octanol–water partition coefficient (Wildman–Crippen LogP) is 4.99. The van der Waals surface area contributed by atoms with Crippen LogP contribution in [0.15, 0.2) is 64.4 Å². The molecule has 0 aliphatic rings. The maximum atomic E-state index is 13.1. The van der Waals surface area contributed by atoms with E-state index in [0.717, 1.165) is 29.0 Å². The summed E-state index contributed by atoms with van der Waals surface area (Å²) in [6.07, 6.45) is -4.58. The Morgan fingerprint density at radius 3 is 2.45 bits per heavy atom. The van der Waals surface area contributed by atoms with Crippen LogP contribution in [0.25, 0.3) is 5.69 Å². The lowest BCUT2D eigenvalue weighted by Crippen LogP contribution is -2.25. The highest BCUT2D eigenvalue weighted by Crippen LogP contribution is 2.35. The van der Waals surface area contributed by atoms with Crippen molar-refractivity contribution < 1.29 is 18.0 Å². The van der Waals surface area contributed by atoms with Crippen LogP contribution in [0.2, 0.25) is 0 Å². The van der Waals surface area contributed by atoms with Gasteiger partial charge in [-0.15, -0.1) is 0 Å². The fourth-order valence-corrected chi connectivity index (χ4v) is 3.61. The topological polar surface area (TPSA) is 64.0 Å². The zero-order valence-corrected chi connectivity index (χ0v) is 17.8. The van der Waals surface area contributed by atoms with Crippen LogP contribution in [-0.2, 0) is 11.0 Å². The van der Waals surface area contributed by atoms with E-state index in [-0.39, 0.29) is 11.2 Å². The number of thioether (sulfide) groups is 1. The summed E-state index contributed by atoms with van der Waals surface area (Å²) in [5.74, 6) is -0.604. The quantitative estimate of drug-likeness (QED) is 0.560. The number of anilines is 1. The van der Waals surface area contributed by atoms with Crippen molar-refractivity contribution >= 4 is 23.4 Å². The fraction of sp³-hybridized carbons (Fsp3) is 0.227. The third-order valence-corrected chi connectivity index (χ3v) is 5.69. The van der Waals surface area contributed by atoms with Crippen molar-refractivity contribution in [3.05, 3.63) is 81.6 Å². The Morgan fingerprint density at radius 2 is 1.77 bits per heavy atom. The first-order valence-corrected chi connectivity index (χ1v) is 10.3. The highest BCUT2D eigenvalue weighted by atomic mass is 32.2. The van der Waals surface area contributed by atoms with E-state index in [0.29, 0.717) is 10.7 Å². The maximum absolute atomic E-state index is 13.1. The van der Waals surface area contributed by atoms with E-state index in [2.05, 4.69) is 10.4 Å². The number of halogens is 3. The molecule has 1 heterocycles. The van der Waals surface area contributed by atoms with Gasteiger partial charge in [0.1, 0.15) is 5.03 Å². The molecule has 31 heavy (non-hydrogen) atoms. The number of aryl methyl sites for hydroxylation is 2. The van der Waals surface area contributed by atoms with Gasteiger partial charge in [-0.05, 0) is 62.2 Å². The summed E-state index contributed by atoms with van der Waals surface area (Å²) in [5.41, 5.74) is 1.12. The molecule has 162 valence electrons. The van der Waals surface area contributed by atoms with E-state index in [4.69, 9.17) is 0 Å². The van der Waals surface area contributed by atoms with Crippen LogP contribution < -0.4 is 10.9 Å². The lowest BCUT2D eigenvalue weighted by atomic mass is 10.1. The van der Waals surface area contributed by atoms with Gasteiger partial charge in [0.15, 0.2) is 0 Å². The minimum Gasteiger partial charge on any atom is -0.325 e. The second kappa shape index (κ2) is 8.97. The molecule has 2 aromatic carbocycles. The smallest absolute Gasteiger partial charge is 0.325 e. The van der Waals surface area contributed by atoms with Crippen LogP contribution in [0.1, 0.15) is 23.6 Å².